The lowest BCUT2D eigenvalue weighted by atomic mass is 9.73. The Morgan fingerprint density at radius 1 is 1.36 bits per heavy atom. The molecule has 2 aromatic rings. The third-order valence-corrected chi connectivity index (χ3v) is 4.94. The van der Waals surface area contributed by atoms with E-state index in [0.29, 0.717) is 24.3 Å². The van der Waals surface area contributed by atoms with Crippen LogP contribution in [-0.2, 0) is 9.59 Å². The van der Waals surface area contributed by atoms with E-state index in [0.717, 1.165) is 15.2 Å². The Morgan fingerprint density at radius 2 is 2.09 bits per heavy atom. The topological polar surface area (TPSA) is 88.5 Å². The van der Waals surface area contributed by atoms with E-state index in [1.54, 1.807) is 6.07 Å². The maximum absolute atomic E-state index is 12.3. The summed E-state index contributed by atoms with van der Waals surface area (Å²) in [6, 6.07) is 3.61. The fraction of sp³-hybridized carbons (Fsp3) is 0.400. The molecule has 6 nitrogen and oxygen atoms in total. The SMILES string of the molecule is COc1cc2nc(C)sc2cc1NC(=O)C1CCC1C(=O)O. The zero-order chi connectivity index (χ0) is 15.9. The van der Waals surface area contributed by atoms with Crippen LogP contribution >= 0.6 is 11.3 Å². The zero-order valence-corrected chi connectivity index (χ0v) is 13.1. The highest BCUT2D eigenvalue weighted by Gasteiger charge is 2.41. The average molecular weight is 320 g/mol. The van der Waals surface area contributed by atoms with Crippen LogP contribution in [0, 0.1) is 18.8 Å². The predicted molar refractivity (Wildman–Crippen MR) is 83.4 cm³/mol. The zero-order valence-electron chi connectivity index (χ0n) is 12.3. The molecular weight excluding hydrogens is 304 g/mol. The Morgan fingerprint density at radius 3 is 2.68 bits per heavy atom. The lowest BCUT2D eigenvalue weighted by Gasteiger charge is -2.32. The summed E-state index contributed by atoms with van der Waals surface area (Å²) < 4.78 is 6.26. The maximum Gasteiger partial charge on any atom is 0.307 e. The van der Waals surface area contributed by atoms with Gasteiger partial charge in [-0.3, -0.25) is 9.59 Å². The number of carboxylic acid groups (broad SMARTS) is 1. The first-order chi connectivity index (χ1) is 10.5. The number of hydrogen-bond donors (Lipinski definition) is 2. The molecule has 0 spiro atoms. The molecule has 2 unspecified atom stereocenters. The van der Waals surface area contributed by atoms with Crippen LogP contribution in [0.1, 0.15) is 17.8 Å². The molecule has 3 rings (SSSR count). The number of carbonyl (C=O) groups is 2. The van der Waals surface area contributed by atoms with Crippen LogP contribution < -0.4 is 10.1 Å². The summed E-state index contributed by atoms with van der Waals surface area (Å²) in [5, 5.41) is 12.8. The fourth-order valence-electron chi connectivity index (χ4n) is 2.67. The normalized spacial score (nSPS) is 20.5. The number of aryl methyl sites for hydroxylation is 1. The van der Waals surface area contributed by atoms with Gasteiger partial charge < -0.3 is 15.2 Å². The van der Waals surface area contributed by atoms with Gasteiger partial charge in [-0.2, -0.15) is 0 Å². The van der Waals surface area contributed by atoms with Gasteiger partial charge in [-0.15, -0.1) is 11.3 Å². The van der Waals surface area contributed by atoms with Crippen molar-refractivity contribution < 1.29 is 19.4 Å². The molecule has 1 fully saturated rings. The van der Waals surface area contributed by atoms with E-state index in [2.05, 4.69) is 10.3 Å². The first-order valence-electron chi connectivity index (χ1n) is 6.98. The van der Waals surface area contributed by atoms with Crippen molar-refractivity contribution in [3.05, 3.63) is 17.1 Å². The highest BCUT2D eigenvalue weighted by molar-refractivity contribution is 7.18. The highest BCUT2D eigenvalue weighted by Crippen LogP contribution is 2.37. The minimum atomic E-state index is -0.910. The lowest BCUT2D eigenvalue weighted by Crippen LogP contribution is -2.41. The molecule has 2 N–H and O–H groups in total. The maximum atomic E-state index is 12.3. The number of amides is 1. The van der Waals surface area contributed by atoms with Gasteiger partial charge in [-0.1, -0.05) is 0 Å². The Kier molecular flexibility index (Phi) is 3.74. The van der Waals surface area contributed by atoms with E-state index in [1.807, 2.05) is 13.0 Å². The molecule has 0 radical (unpaired) electrons. The second kappa shape index (κ2) is 5.57. The van der Waals surface area contributed by atoms with Gasteiger partial charge in [-0.25, -0.2) is 4.98 Å². The van der Waals surface area contributed by atoms with Crippen LogP contribution in [0.4, 0.5) is 5.69 Å². The van der Waals surface area contributed by atoms with Gasteiger partial charge in [0.25, 0.3) is 0 Å². The van der Waals surface area contributed by atoms with Crippen LogP contribution in [-0.4, -0.2) is 29.1 Å². The standard InChI is InChI=1S/C15H16N2O4S/c1-7-16-11-5-12(21-2)10(6-13(11)22-7)17-14(18)8-3-4-9(8)15(19)20/h5-6,8-9H,3-4H2,1-2H3,(H,17,18)(H,19,20). The van der Waals surface area contributed by atoms with Crippen molar-refractivity contribution in [2.45, 2.75) is 19.8 Å². The van der Waals surface area contributed by atoms with Gasteiger partial charge in [-0.05, 0) is 25.8 Å². The van der Waals surface area contributed by atoms with Crippen LogP contribution in [0.3, 0.4) is 0 Å². The molecule has 1 saturated carbocycles. The van der Waals surface area contributed by atoms with Crippen LogP contribution in [0.2, 0.25) is 0 Å². The Balaban J connectivity index is 1.86. The van der Waals surface area contributed by atoms with E-state index in [-0.39, 0.29) is 5.91 Å². The summed E-state index contributed by atoms with van der Waals surface area (Å²) in [5.74, 6) is -1.71. The molecule has 116 valence electrons. The number of anilines is 1. The molecule has 1 heterocycles. The molecule has 1 aliphatic carbocycles. The quantitative estimate of drug-likeness (QED) is 0.904. The smallest absolute Gasteiger partial charge is 0.307 e. The second-order valence-corrected chi connectivity index (χ2v) is 6.61. The van der Waals surface area contributed by atoms with Crippen LogP contribution in [0.25, 0.3) is 10.2 Å². The summed E-state index contributed by atoms with van der Waals surface area (Å²) in [5.41, 5.74) is 1.38. The molecular formula is C15H16N2O4S. The number of benzene rings is 1. The molecule has 1 amide bonds. The molecule has 22 heavy (non-hydrogen) atoms. The number of hydrogen-bond acceptors (Lipinski definition) is 5. The molecule has 0 bridgehead atoms. The fourth-order valence-corrected chi connectivity index (χ4v) is 3.52. The third-order valence-electron chi connectivity index (χ3n) is 4.00. The number of thiazole rings is 1. The molecule has 0 saturated heterocycles. The van der Waals surface area contributed by atoms with Gasteiger partial charge in [0.1, 0.15) is 5.75 Å². The number of ether oxygens (including phenoxy) is 1. The minimum Gasteiger partial charge on any atom is -0.494 e. The number of methoxy groups -OCH3 is 1. The number of rotatable bonds is 4. The average Bonchev–Trinajstić information content (AvgIpc) is 2.74. The molecule has 0 aliphatic heterocycles. The third kappa shape index (κ3) is 2.52. The van der Waals surface area contributed by atoms with Crippen molar-refractivity contribution in [2.75, 3.05) is 12.4 Å². The Bertz CT molecular complexity index is 755. The first kappa shape index (κ1) is 14.8. The van der Waals surface area contributed by atoms with E-state index in [4.69, 9.17) is 9.84 Å². The van der Waals surface area contributed by atoms with Crippen molar-refractivity contribution in [3.8, 4) is 5.75 Å². The molecule has 1 aromatic carbocycles. The number of carboxylic acids is 1. The molecule has 1 aromatic heterocycles. The number of fused-ring (bicyclic) bond motifs is 1. The first-order valence-corrected chi connectivity index (χ1v) is 7.80. The second-order valence-electron chi connectivity index (χ2n) is 5.37. The van der Waals surface area contributed by atoms with Crippen LogP contribution in [0.5, 0.6) is 5.75 Å². The van der Waals surface area contributed by atoms with E-state index in [1.165, 1.54) is 18.4 Å². The lowest BCUT2D eigenvalue weighted by molar-refractivity contribution is -0.151. The van der Waals surface area contributed by atoms with Crippen molar-refractivity contribution in [3.63, 3.8) is 0 Å². The van der Waals surface area contributed by atoms with Crippen molar-refractivity contribution >= 4 is 39.1 Å². The van der Waals surface area contributed by atoms with E-state index < -0.39 is 17.8 Å². The van der Waals surface area contributed by atoms with Gasteiger partial charge in [0, 0.05) is 6.07 Å². The summed E-state index contributed by atoms with van der Waals surface area (Å²) >= 11 is 1.53. The van der Waals surface area contributed by atoms with Crippen molar-refractivity contribution in [2.24, 2.45) is 11.8 Å². The van der Waals surface area contributed by atoms with Gasteiger partial charge in [0.05, 0.1) is 39.9 Å². The Labute approximate surface area is 131 Å². The largest absolute Gasteiger partial charge is 0.494 e. The summed E-state index contributed by atoms with van der Waals surface area (Å²) in [6.45, 7) is 1.92. The number of carbonyl (C=O) groups excluding carboxylic acids is 1. The van der Waals surface area contributed by atoms with Gasteiger partial charge in [0.2, 0.25) is 5.91 Å². The van der Waals surface area contributed by atoms with E-state index >= 15 is 0 Å². The van der Waals surface area contributed by atoms with E-state index in [9.17, 15) is 9.59 Å². The number of aliphatic carboxylic acids is 1. The predicted octanol–water partition coefficient (Wildman–Crippen LogP) is 2.66. The van der Waals surface area contributed by atoms with Crippen molar-refractivity contribution in [1.29, 1.82) is 0 Å². The summed E-state index contributed by atoms with van der Waals surface area (Å²) in [4.78, 5) is 27.7. The number of nitrogens with one attached hydrogen (secondary N) is 1. The van der Waals surface area contributed by atoms with Gasteiger partial charge in [0.15, 0.2) is 0 Å². The number of nitrogens with zero attached hydrogens (tertiary/aromatic N) is 1. The molecule has 2 atom stereocenters. The highest BCUT2D eigenvalue weighted by atomic mass is 32.1. The Hall–Kier alpha value is -2.15. The summed E-state index contributed by atoms with van der Waals surface area (Å²) in [7, 11) is 1.53. The summed E-state index contributed by atoms with van der Waals surface area (Å²) in [6.07, 6.45) is 1.16. The van der Waals surface area contributed by atoms with Crippen molar-refractivity contribution in [1.82, 2.24) is 4.98 Å². The molecule has 7 heteroatoms. The number of aromatic nitrogens is 1. The molecule has 1 aliphatic rings. The minimum absolute atomic E-state index is 0.266. The van der Waals surface area contributed by atoms with Gasteiger partial charge >= 0.3 is 5.97 Å². The van der Waals surface area contributed by atoms with Crippen LogP contribution in [0.15, 0.2) is 12.1 Å². The monoisotopic (exact) mass is 320 g/mol.